The minimum atomic E-state index is -5.01. The van der Waals surface area contributed by atoms with Gasteiger partial charge in [0.1, 0.15) is 12.1 Å². The topological polar surface area (TPSA) is 148 Å². The second kappa shape index (κ2) is 8.67. The Labute approximate surface area is 184 Å². The maximum Gasteiger partial charge on any atom is 0.418 e. The highest BCUT2D eigenvalue weighted by molar-refractivity contribution is 6.09. The smallest absolute Gasteiger partial charge is 0.418 e. The van der Waals surface area contributed by atoms with Crippen molar-refractivity contribution in [2.45, 2.75) is 50.4 Å². The zero-order valence-electron chi connectivity index (χ0n) is 17.2. The lowest BCUT2D eigenvalue weighted by Gasteiger charge is -2.20. The number of nitro groups is 1. The van der Waals surface area contributed by atoms with Gasteiger partial charge in [-0.05, 0) is 25.8 Å². The molecule has 33 heavy (non-hydrogen) atoms. The van der Waals surface area contributed by atoms with E-state index in [4.69, 9.17) is 4.74 Å². The molecule has 2 N–H and O–H groups in total. The second-order valence-corrected chi connectivity index (χ2v) is 7.72. The van der Waals surface area contributed by atoms with Gasteiger partial charge in [-0.2, -0.15) is 13.2 Å². The lowest BCUT2D eigenvalue weighted by molar-refractivity contribution is -0.385. The number of amides is 4. The fourth-order valence-corrected chi connectivity index (χ4v) is 3.78. The summed E-state index contributed by atoms with van der Waals surface area (Å²) in [4.78, 5) is 59.5. The molecular weight excluding hydrogens is 453 g/mol. The Morgan fingerprint density at radius 3 is 2.52 bits per heavy atom. The van der Waals surface area contributed by atoms with E-state index in [1.165, 1.54) is 0 Å². The summed E-state index contributed by atoms with van der Waals surface area (Å²) in [6.45, 7) is 0.311. The molecule has 0 radical (unpaired) electrons. The van der Waals surface area contributed by atoms with E-state index in [9.17, 15) is 42.5 Å². The van der Waals surface area contributed by atoms with Crippen molar-refractivity contribution in [2.75, 3.05) is 11.9 Å². The first kappa shape index (κ1) is 23.9. The number of urea groups is 1. The van der Waals surface area contributed by atoms with Crippen LogP contribution in [-0.4, -0.2) is 51.8 Å². The highest BCUT2D eigenvalue weighted by Gasteiger charge is 2.53. The van der Waals surface area contributed by atoms with E-state index >= 15 is 0 Å². The molecule has 11 nitrogen and oxygen atoms in total. The molecule has 1 saturated heterocycles. The minimum Gasteiger partial charge on any atom is -0.451 e. The first-order valence-electron chi connectivity index (χ1n) is 9.84. The van der Waals surface area contributed by atoms with E-state index in [1.54, 1.807) is 0 Å². The molecule has 1 unspecified atom stereocenters. The number of esters is 1. The summed E-state index contributed by atoms with van der Waals surface area (Å²) in [5.41, 5.74) is -4.08. The highest BCUT2D eigenvalue weighted by Crippen LogP contribution is 2.37. The van der Waals surface area contributed by atoms with Crippen LogP contribution in [0, 0.1) is 10.1 Å². The van der Waals surface area contributed by atoms with E-state index in [1.807, 2.05) is 5.32 Å². The fraction of sp³-hybridized carbons (Fsp3) is 0.474. The normalized spacial score (nSPS) is 18.2. The summed E-state index contributed by atoms with van der Waals surface area (Å²) in [6, 6.07) is 0.985. The van der Waals surface area contributed by atoms with Crippen molar-refractivity contribution < 1.29 is 42.0 Å². The molecule has 1 spiro atoms. The predicted molar refractivity (Wildman–Crippen MR) is 104 cm³/mol. The number of rotatable bonds is 6. The van der Waals surface area contributed by atoms with Gasteiger partial charge in [0.05, 0.1) is 16.2 Å². The third-order valence-corrected chi connectivity index (χ3v) is 5.44. The molecule has 14 heteroatoms. The molecule has 2 fully saturated rings. The number of hydrogen-bond acceptors (Lipinski definition) is 7. The number of carbonyl (C=O) groups excluding carboxylic acids is 4. The van der Waals surface area contributed by atoms with Gasteiger partial charge in [-0.15, -0.1) is 0 Å². The number of nitrogens with one attached hydrogen (secondary N) is 2. The molecular formula is C19H19F3N4O7. The van der Waals surface area contributed by atoms with Gasteiger partial charge in [-0.25, -0.2) is 4.79 Å². The first-order chi connectivity index (χ1) is 15.3. The van der Waals surface area contributed by atoms with E-state index in [0.29, 0.717) is 23.8 Å². The monoisotopic (exact) mass is 472 g/mol. The zero-order valence-corrected chi connectivity index (χ0v) is 17.2. The highest BCUT2D eigenvalue weighted by atomic mass is 19.4. The summed E-state index contributed by atoms with van der Waals surface area (Å²) < 4.78 is 44.6. The summed E-state index contributed by atoms with van der Waals surface area (Å²) in [5.74, 6) is -2.83. The van der Waals surface area contributed by atoms with Crippen LogP contribution >= 0.6 is 0 Å². The molecule has 0 aromatic heterocycles. The number of ether oxygens (including phenoxy) is 1. The van der Waals surface area contributed by atoms with E-state index in [0.717, 1.165) is 25.8 Å². The van der Waals surface area contributed by atoms with Crippen LogP contribution in [-0.2, 0) is 25.3 Å². The predicted octanol–water partition coefficient (Wildman–Crippen LogP) is 2.35. The maximum atomic E-state index is 13.2. The van der Waals surface area contributed by atoms with Gasteiger partial charge in [0, 0.05) is 12.1 Å². The SMILES string of the molecule is CC(OC(=O)CN1C(=O)NC2(CCCC2)C1=O)C(=O)Nc1ccc([N+](=O)[O-])cc1C(F)(F)F. The average molecular weight is 472 g/mol. The Morgan fingerprint density at radius 1 is 1.30 bits per heavy atom. The molecule has 1 aromatic carbocycles. The third kappa shape index (κ3) is 4.88. The number of halogens is 3. The number of anilines is 1. The number of hydrogen-bond donors (Lipinski definition) is 2. The number of alkyl halides is 3. The van der Waals surface area contributed by atoms with E-state index < -0.39 is 70.0 Å². The molecule has 1 aliphatic heterocycles. The second-order valence-electron chi connectivity index (χ2n) is 7.72. The van der Waals surface area contributed by atoms with Crippen LogP contribution in [0.15, 0.2) is 18.2 Å². The van der Waals surface area contributed by atoms with Crippen LogP contribution in [0.2, 0.25) is 0 Å². The van der Waals surface area contributed by atoms with Crippen LogP contribution < -0.4 is 10.6 Å². The maximum absolute atomic E-state index is 13.2. The molecule has 1 saturated carbocycles. The van der Waals surface area contributed by atoms with Crippen molar-refractivity contribution in [1.82, 2.24) is 10.2 Å². The summed E-state index contributed by atoms with van der Waals surface area (Å²) in [6.07, 6.45) is -4.23. The molecule has 2 aliphatic rings. The lowest BCUT2D eigenvalue weighted by Crippen LogP contribution is -2.44. The first-order valence-corrected chi connectivity index (χ1v) is 9.84. The van der Waals surface area contributed by atoms with Crippen LogP contribution in [0.4, 0.5) is 29.3 Å². The summed E-state index contributed by atoms with van der Waals surface area (Å²) in [7, 11) is 0. The Balaban J connectivity index is 1.64. The van der Waals surface area contributed by atoms with Gasteiger partial charge >= 0.3 is 18.2 Å². The average Bonchev–Trinajstić information content (AvgIpc) is 3.27. The Kier molecular flexibility index (Phi) is 6.29. The van der Waals surface area contributed by atoms with Crippen LogP contribution in [0.1, 0.15) is 38.2 Å². The quantitative estimate of drug-likeness (QED) is 0.279. The van der Waals surface area contributed by atoms with Gasteiger partial charge < -0.3 is 15.4 Å². The number of imide groups is 1. The van der Waals surface area contributed by atoms with Crippen molar-refractivity contribution in [3.63, 3.8) is 0 Å². The van der Waals surface area contributed by atoms with Crippen LogP contribution in [0.25, 0.3) is 0 Å². The van der Waals surface area contributed by atoms with Gasteiger partial charge in [-0.1, -0.05) is 12.8 Å². The Hall–Kier alpha value is -3.71. The summed E-state index contributed by atoms with van der Waals surface area (Å²) in [5, 5.41) is 15.2. The standard InChI is InChI=1S/C19H19F3N4O7/c1-10(15(28)23-13-5-4-11(26(31)32)8-12(13)19(20,21)22)33-14(27)9-25-16(29)18(24-17(25)30)6-2-3-7-18/h4-5,8,10H,2-3,6-7,9H2,1H3,(H,23,28)(H,24,30). The molecule has 1 atom stereocenters. The zero-order chi connectivity index (χ0) is 24.6. The van der Waals surface area contributed by atoms with Crippen molar-refractivity contribution >= 4 is 35.2 Å². The molecule has 1 aromatic rings. The van der Waals surface area contributed by atoms with Crippen molar-refractivity contribution in [3.05, 3.63) is 33.9 Å². The molecule has 1 aliphatic carbocycles. The van der Waals surface area contributed by atoms with Crippen molar-refractivity contribution in [1.29, 1.82) is 0 Å². The Morgan fingerprint density at radius 2 is 1.94 bits per heavy atom. The fourth-order valence-electron chi connectivity index (χ4n) is 3.78. The number of carbonyl (C=O) groups is 4. The van der Waals surface area contributed by atoms with Crippen molar-refractivity contribution in [3.8, 4) is 0 Å². The largest absolute Gasteiger partial charge is 0.451 e. The van der Waals surface area contributed by atoms with Gasteiger partial charge in [-0.3, -0.25) is 29.4 Å². The number of benzene rings is 1. The summed E-state index contributed by atoms with van der Waals surface area (Å²) >= 11 is 0. The van der Waals surface area contributed by atoms with E-state index in [2.05, 4.69) is 5.32 Å². The minimum absolute atomic E-state index is 0.267. The number of non-ortho nitro benzene ring substituents is 1. The molecule has 3 rings (SSSR count). The number of nitrogens with zero attached hydrogens (tertiary/aromatic N) is 2. The lowest BCUT2D eigenvalue weighted by atomic mass is 9.98. The molecule has 1 heterocycles. The third-order valence-electron chi connectivity index (χ3n) is 5.44. The van der Waals surface area contributed by atoms with Crippen LogP contribution in [0.5, 0.6) is 0 Å². The Bertz CT molecular complexity index is 1020. The van der Waals surface area contributed by atoms with Gasteiger partial charge in [0.15, 0.2) is 6.10 Å². The van der Waals surface area contributed by atoms with Crippen LogP contribution in [0.3, 0.4) is 0 Å². The number of nitro benzene ring substituents is 1. The van der Waals surface area contributed by atoms with Gasteiger partial charge in [0.2, 0.25) is 0 Å². The van der Waals surface area contributed by atoms with Crippen molar-refractivity contribution in [2.24, 2.45) is 0 Å². The molecule has 178 valence electrons. The molecule has 4 amide bonds. The van der Waals surface area contributed by atoms with Gasteiger partial charge in [0.25, 0.3) is 17.5 Å². The van der Waals surface area contributed by atoms with E-state index in [-0.39, 0.29) is 6.07 Å². The molecule has 0 bridgehead atoms.